The summed E-state index contributed by atoms with van der Waals surface area (Å²) >= 11 is 0. The topological polar surface area (TPSA) is 74.6 Å². The van der Waals surface area contributed by atoms with E-state index in [4.69, 9.17) is 13.9 Å². The van der Waals surface area contributed by atoms with E-state index in [1.54, 1.807) is 18.0 Å². The molecule has 2 unspecified atom stereocenters. The molecule has 7 nitrogen and oxygen atoms in total. The van der Waals surface area contributed by atoms with Crippen molar-refractivity contribution in [3.8, 4) is 0 Å². The summed E-state index contributed by atoms with van der Waals surface area (Å²) in [6, 6.07) is 22.4. The van der Waals surface area contributed by atoms with Gasteiger partial charge in [-0.2, -0.15) is 5.10 Å². The number of aromatic nitrogens is 2. The maximum absolute atomic E-state index is 12.8. The minimum absolute atomic E-state index is 0.177. The fraction of sp³-hybridized carbons (Fsp3) is 0.448. The molecule has 2 atom stereocenters. The Hall–Kier alpha value is -2.94. The number of benzene rings is 2. The van der Waals surface area contributed by atoms with E-state index in [2.05, 4.69) is 79.7 Å². The quantitative estimate of drug-likeness (QED) is 0.400. The van der Waals surface area contributed by atoms with E-state index < -0.39 is 32.2 Å². The lowest BCUT2D eigenvalue weighted by Crippen LogP contribution is -2.67. The second kappa shape index (κ2) is 12.1. The number of alkyl carbamates (subject to hydrolysis) is 1. The number of carbonyl (C=O) groups is 1. The van der Waals surface area contributed by atoms with Gasteiger partial charge in [-0.15, -0.1) is 0 Å². The van der Waals surface area contributed by atoms with Gasteiger partial charge in [0.25, 0.3) is 8.32 Å². The average Bonchev–Trinajstić information content (AvgIpc) is 3.34. The van der Waals surface area contributed by atoms with Gasteiger partial charge in [-0.05, 0) is 42.2 Å². The summed E-state index contributed by atoms with van der Waals surface area (Å²) in [4.78, 5) is 12.8. The molecule has 37 heavy (non-hydrogen) atoms. The Morgan fingerprint density at radius 2 is 1.51 bits per heavy atom. The van der Waals surface area contributed by atoms with Gasteiger partial charge in [-0.3, -0.25) is 4.68 Å². The minimum atomic E-state index is -2.78. The molecule has 1 N–H and O–H groups in total. The summed E-state index contributed by atoms with van der Waals surface area (Å²) in [5.74, 6) is 0. The van der Waals surface area contributed by atoms with E-state index in [1.807, 2.05) is 45.2 Å². The van der Waals surface area contributed by atoms with Crippen molar-refractivity contribution in [1.29, 1.82) is 0 Å². The molecule has 3 aromatic rings. The van der Waals surface area contributed by atoms with Crippen molar-refractivity contribution in [1.82, 2.24) is 15.1 Å². The van der Waals surface area contributed by atoms with E-state index in [0.29, 0.717) is 6.54 Å². The third kappa shape index (κ3) is 7.31. The first-order chi connectivity index (χ1) is 17.5. The highest BCUT2D eigenvalue weighted by Gasteiger charge is 2.50. The minimum Gasteiger partial charge on any atom is -0.444 e. The molecule has 0 fully saturated rings. The normalized spacial score (nSPS) is 14.1. The number of nitrogens with zero attached hydrogens (tertiary/aromatic N) is 2. The van der Waals surface area contributed by atoms with Crippen molar-refractivity contribution in [2.45, 2.75) is 70.9 Å². The van der Waals surface area contributed by atoms with Gasteiger partial charge in [0.2, 0.25) is 0 Å². The third-order valence-electron chi connectivity index (χ3n) is 6.28. The smallest absolute Gasteiger partial charge is 0.408 e. The molecule has 0 saturated heterocycles. The van der Waals surface area contributed by atoms with E-state index in [1.165, 1.54) is 10.4 Å². The molecule has 0 radical (unpaired) electrons. The number of hydrogen-bond donors (Lipinski definition) is 1. The number of nitrogens with one attached hydrogen (secondary N) is 1. The van der Waals surface area contributed by atoms with Crippen molar-refractivity contribution in [3.63, 3.8) is 0 Å². The monoisotopic (exact) mass is 523 g/mol. The fourth-order valence-corrected chi connectivity index (χ4v) is 9.21. The van der Waals surface area contributed by atoms with Crippen LogP contribution in [-0.2, 0) is 20.4 Å². The van der Waals surface area contributed by atoms with Crippen molar-refractivity contribution < 1.29 is 18.7 Å². The summed E-state index contributed by atoms with van der Waals surface area (Å²) in [5, 5.41) is 9.54. The lowest BCUT2D eigenvalue weighted by Gasteiger charge is -2.44. The standard InChI is InChI=1S/C29H41N3O4Si/c1-28(2,3)36-27(33)31-25(21-32-20-14-19-30-32)26(34-7)22-35-37(29(4,5)6,23-15-10-8-11-16-23)24-17-12-9-13-18-24/h8-20,25-26H,21-22H2,1-7H3,(H,31,33). The molecule has 1 heterocycles. The van der Waals surface area contributed by atoms with E-state index >= 15 is 0 Å². The third-order valence-corrected chi connectivity index (χ3v) is 11.3. The first kappa shape index (κ1) is 28.6. The molecular formula is C29H41N3O4Si. The fourth-order valence-electron chi connectivity index (χ4n) is 4.64. The Balaban J connectivity index is 1.97. The second-order valence-electron chi connectivity index (χ2n) is 11.2. The number of amides is 1. The Morgan fingerprint density at radius 3 is 1.95 bits per heavy atom. The van der Waals surface area contributed by atoms with Crippen LogP contribution in [0.3, 0.4) is 0 Å². The van der Waals surface area contributed by atoms with Crippen molar-refractivity contribution in [2.75, 3.05) is 13.7 Å². The number of hydrogen-bond acceptors (Lipinski definition) is 5. The first-order valence-corrected chi connectivity index (χ1v) is 14.6. The summed E-state index contributed by atoms with van der Waals surface area (Å²) in [5.41, 5.74) is -0.617. The van der Waals surface area contributed by atoms with Crippen molar-refractivity contribution in [3.05, 3.63) is 79.1 Å². The lowest BCUT2D eigenvalue weighted by molar-refractivity contribution is 0.0101. The van der Waals surface area contributed by atoms with E-state index in [9.17, 15) is 4.79 Å². The largest absolute Gasteiger partial charge is 0.444 e. The number of ether oxygens (including phenoxy) is 2. The van der Waals surface area contributed by atoms with Gasteiger partial charge < -0.3 is 19.2 Å². The molecule has 0 aliphatic carbocycles. The summed E-state index contributed by atoms with van der Waals surface area (Å²) in [6.45, 7) is 12.9. The highest BCUT2D eigenvalue weighted by molar-refractivity contribution is 6.99. The van der Waals surface area contributed by atoms with Gasteiger partial charge in [0.1, 0.15) is 11.7 Å². The molecule has 2 aromatic carbocycles. The molecule has 0 spiro atoms. The molecule has 1 aromatic heterocycles. The van der Waals surface area contributed by atoms with Crippen LogP contribution in [0.5, 0.6) is 0 Å². The van der Waals surface area contributed by atoms with Crippen LogP contribution in [-0.4, -0.2) is 55.7 Å². The molecule has 0 aliphatic heterocycles. The van der Waals surface area contributed by atoms with Crippen LogP contribution in [0.25, 0.3) is 0 Å². The Labute approximate surface area is 222 Å². The van der Waals surface area contributed by atoms with Gasteiger partial charge >= 0.3 is 6.09 Å². The predicted molar refractivity (Wildman–Crippen MR) is 150 cm³/mol. The van der Waals surface area contributed by atoms with Crippen molar-refractivity contribution >= 4 is 24.8 Å². The lowest BCUT2D eigenvalue weighted by atomic mass is 10.1. The zero-order chi connectivity index (χ0) is 27.1. The van der Waals surface area contributed by atoms with Crippen LogP contribution in [0.4, 0.5) is 4.79 Å². The zero-order valence-electron chi connectivity index (χ0n) is 23.1. The van der Waals surface area contributed by atoms with Crippen molar-refractivity contribution in [2.24, 2.45) is 0 Å². The van der Waals surface area contributed by atoms with E-state index in [0.717, 1.165) is 0 Å². The maximum Gasteiger partial charge on any atom is 0.408 e. The molecule has 0 saturated carbocycles. The molecule has 0 aliphatic rings. The summed E-state index contributed by atoms with van der Waals surface area (Å²) < 4.78 is 20.4. The second-order valence-corrected chi connectivity index (χ2v) is 15.5. The first-order valence-electron chi connectivity index (χ1n) is 12.7. The molecular weight excluding hydrogens is 482 g/mol. The maximum atomic E-state index is 12.8. The SMILES string of the molecule is COC(CO[Si](c1ccccc1)(c1ccccc1)C(C)(C)C)C(Cn1cccn1)NC(=O)OC(C)(C)C. The van der Waals surface area contributed by atoms with Gasteiger partial charge in [0.15, 0.2) is 0 Å². The van der Waals surface area contributed by atoms with Crippen LogP contribution < -0.4 is 15.7 Å². The highest BCUT2D eigenvalue weighted by Crippen LogP contribution is 2.37. The van der Waals surface area contributed by atoms with Crippen LogP contribution in [0.2, 0.25) is 5.04 Å². The predicted octanol–water partition coefficient (Wildman–Crippen LogP) is 4.37. The zero-order valence-corrected chi connectivity index (χ0v) is 24.1. The molecule has 200 valence electrons. The summed E-state index contributed by atoms with van der Waals surface area (Å²) in [7, 11) is -1.13. The van der Waals surface area contributed by atoms with Gasteiger partial charge in [0, 0.05) is 19.5 Å². The molecule has 0 bridgehead atoms. The summed E-state index contributed by atoms with van der Waals surface area (Å²) in [6.07, 6.45) is 2.63. The number of carbonyl (C=O) groups excluding carboxylic acids is 1. The van der Waals surface area contributed by atoms with E-state index in [-0.39, 0.29) is 11.6 Å². The van der Waals surface area contributed by atoms with Gasteiger partial charge in [-0.1, -0.05) is 81.4 Å². The highest BCUT2D eigenvalue weighted by atomic mass is 28.4. The Kier molecular flexibility index (Phi) is 9.34. The van der Waals surface area contributed by atoms with Crippen LogP contribution in [0, 0.1) is 0 Å². The Bertz CT molecular complexity index is 1050. The number of rotatable bonds is 10. The molecule has 3 rings (SSSR count). The Morgan fingerprint density at radius 1 is 0.946 bits per heavy atom. The average molecular weight is 524 g/mol. The van der Waals surface area contributed by atoms with Gasteiger partial charge in [-0.25, -0.2) is 4.79 Å². The van der Waals surface area contributed by atoms with Crippen LogP contribution >= 0.6 is 0 Å². The van der Waals surface area contributed by atoms with Crippen LogP contribution in [0.15, 0.2) is 79.1 Å². The van der Waals surface area contributed by atoms with Gasteiger partial charge in [0.05, 0.1) is 19.2 Å². The number of methoxy groups -OCH3 is 1. The molecule has 1 amide bonds. The molecule has 8 heteroatoms. The van der Waals surface area contributed by atoms with Crippen LogP contribution in [0.1, 0.15) is 41.5 Å².